The molecule has 24 heteroatoms. The number of nitrogens with zero attached hydrogens (tertiary/aromatic N) is 8. The standard InChI is InChI=1S/C30H18Cl12N8O4/c1-13(15-3-7-17(8-4-15)21-43-23(27(31,32)33)47-24(44-21)28(34,35)36)49-53-19(51)11-12-20(52)54-50-14(2)16-5-9-18(10-6-16)22-45-25(29(37,38)39)48-26(46-22)30(40,41)42/h3-10H,11-12H2,1-2H3/b49-13+,50-14+. The fourth-order valence-electron chi connectivity index (χ4n) is 3.88. The van der Waals surface area contributed by atoms with Crippen molar-refractivity contribution in [3.8, 4) is 22.8 Å². The Kier molecular flexibility index (Phi) is 15.2. The summed E-state index contributed by atoms with van der Waals surface area (Å²) < 4.78 is -8.08. The van der Waals surface area contributed by atoms with E-state index in [4.69, 9.17) is 149 Å². The molecule has 12 nitrogen and oxygen atoms in total. The summed E-state index contributed by atoms with van der Waals surface area (Å²) in [4.78, 5) is 59.0. The third kappa shape index (κ3) is 12.9. The summed E-state index contributed by atoms with van der Waals surface area (Å²) in [5.41, 5.74) is 2.70. The van der Waals surface area contributed by atoms with Crippen LogP contribution in [0.4, 0.5) is 0 Å². The van der Waals surface area contributed by atoms with Gasteiger partial charge in [0.25, 0.3) is 0 Å². The minimum Gasteiger partial charge on any atom is -0.318 e. The van der Waals surface area contributed by atoms with Gasteiger partial charge in [0.05, 0.1) is 24.3 Å². The molecular formula is C30H18Cl12N8O4. The Labute approximate surface area is 366 Å². The minimum absolute atomic E-state index is 0.0661. The molecule has 0 aliphatic rings. The summed E-state index contributed by atoms with van der Waals surface area (Å²) in [7, 11) is 0. The summed E-state index contributed by atoms with van der Waals surface area (Å²) in [6.07, 6.45) is -0.681. The fraction of sp³-hybridized carbons (Fsp3) is 0.267. The monoisotopic (exact) mass is 974 g/mol. The molecule has 0 fully saturated rings. The summed E-state index contributed by atoms with van der Waals surface area (Å²) >= 11 is 71.3. The van der Waals surface area contributed by atoms with Crippen LogP contribution in [0.2, 0.25) is 0 Å². The van der Waals surface area contributed by atoms with E-state index in [1.165, 1.54) is 0 Å². The van der Waals surface area contributed by atoms with E-state index < -0.39 is 27.1 Å². The first-order valence-electron chi connectivity index (χ1n) is 14.4. The molecule has 0 saturated carbocycles. The third-order valence-corrected chi connectivity index (χ3v) is 8.54. The zero-order chi connectivity index (χ0) is 40.2. The van der Waals surface area contributed by atoms with Crippen molar-refractivity contribution in [2.75, 3.05) is 0 Å². The van der Waals surface area contributed by atoms with Crippen LogP contribution in [0.3, 0.4) is 0 Å². The van der Waals surface area contributed by atoms with Crippen LogP contribution in [0.15, 0.2) is 58.8 Å². The Hall–Kier alpha value is -1.78. The fourth-order valence-corrected chi connectivity index (χ4v) is 4.89. The largest absolute Gasteiger partial charge is 0.335 e. The number of carbonyl (C=O) groups is 2. The third-order valence-electron chi connectivity index (χ3n) is 6.51. The minimum atomic E-state index is -2.02. The second kappa shape index (κ2) is 18.2. The maximum atomic E-state index is 12.3. The predicted octanol–water partition coefficient (Wildman–Crippen LogP) is 10.7. The van der Waals surface area contributed by atoms with E-state index in [1.54, 1.807) is 62.4 Å². The van der Waals surface area contributed by atoms with Crippen molar-refractivity contribution in [2.45, 2.75) is 41.9 Å². The van der Waals surface area contributed by atoms with Crippen LogP contribution in [-0.4, -0.2) is 53.3 Å². The highest BCUT2D eigenvalue weighted by atomic mass is 35.6. The average molecular weight is 980 g/mol. The van der Waals surface area contributed by atoms with Crippen molar-refractivity contribution in [1.82, 2.24) is 29.9 Å². The van der Waals surface area contributed by atoms with Crippen LogP contribution >= 0.6 is 139 Å². The van der Waals surface area contributed by atoms with Crippen LogP contribution < -0.4 is 0 Å². The second-order valence-electron chi connectivity index (χ2n) is 10.5. The van der Waals surface area contributed by atoms with Gasteiger partial charge in [0.1, 0.15) is 0 Å². The zero-order valence-corrected chi connectivity index (χ0v) is 35.9. The van der Waals surface area contributed by atoms with Crippen molar-refractivity contribution in [3.63, 3.8) is 0 Å². The number of hydrogen-bond donors (Lipinski definition) is 0. The lowest BCUT2D eigenvalue weighted by atomic mass is 10.1. The summed E-state index contributed by atoms with van der Waals surface area (Å²) in [6, 6.07) is 13.0. The normalized spacial score (nSPS) is 13.1. The van der Waals surface area contributed by atoms with Gasteiger partial charge in [-0.05, 0) is 25.0 Å². The number of carbonyl (C=O) groups excluding carboxylic acids is 2. The summed E-state index contributed by atoms with van der Waals surface area (Å²) in [5, 5.41) is 7.67. The number of halogens is 12. The number of hydrogen-bond acceptors (Lipinski definition) is 12. The molecule has 0 amide bonds. The highest BCUT2D eigenvalue weighted by Gasteiger charge is 2.35. The molecule has 2 aromatic carbocycles. The van der Waals surface area contributed by atoms with Gasteiger partial charge in [-0.2, -0.15) is 0 Å². The van der Waals surface area contributed by atoms with Crippen molar-refractivity contribution in [1.29, 1.82) is 0 Å². The van der Waals surface area contributed by atoms with Crippen molar-refractivity contribution < 1.29 is 19.3 Å². The van der Waals surface area contributed by atoms with Gasteiger partial charge in [-0.3, -0.25) is 0 Å². The maximum absolute atomic E-state index is 12.3. The molecule has 0 bridgehead atoms. The van der Waals surface area contributed by atoms with Crippen molar-refractivity contribution >= 4 is 163 Å². The quantitative estimate of drug-likeness (QED) is 0.0685. The van der Waals surface area contributed by atoms with Crippen LogP contribution in [0.25, 0.3) is 22.8 Å². The van der Waals surface area contributed by atoms with Gasteiger partial charge in [-0.15, -0.1) is 0 Å². The molecule has 0 saturated heterocycles. The van der Waals surface area contributed by atoms with Crippen molar-refractivity contribution in [3.05, 3.63) is 83.0 Å². The van der Waals surface area contributed by atoms with Gasteiger partial charge >= 0.3 is 11.9 Å². The van der Waals surface area contributed by atoms with Gasteiger partial charge in [0, 0.05) is 11.1 Å². The number of alkyl halides is 12. The topological polar surface area (TPSA) is 155 Å². The maximum Gasteiger partial charge on any atom is 0.335 e. The highest BCUT2D eigenvalue weighted by molar-refractivity contribution is 6.68. The smallest absolute Gasteiger partial charge is 0.318 e. The number of benzene rings is 2. The van der Waals surface area contributed by atoms with Gasteiger partial charge < -0.3 is 9.68 Å². The number of aromatic nitrogens is 6. The first-order valence-corrected chi connectivity index (χ1v) is 19.0. The molecule has 0 unspecified atom stereocenters. The molecule has 0 radical (unpaired) electrons. The van der Waals surface area contributed by atoms with Gasteiger partial charge in [0.15, 0.2) is 34.9 Å². The van der Waals surface area contributed by atoms with Crippen LogP contribution in [0.1, 0.15) is 61.1 Å². The molecule has 2 aromatic heterocycles. The Morgan fingerprint density at radius 2 is 0.741 bits per heavy atom. The van der Waals surface area contributed by atoms with E-state index in [9.17, 15) is 9.59 Å². The zero-order valence-electron chi connectivity index (χ0n) is 26.8. The Bertz CT molecular complexity index is 1870. The van der Waals surface area contributed by atoms with Gasteiger partial charge in [-0.1, -0.05) is 198 Å². The second-order valence-corrected chi connectivity index (χ2v) is 19.7. The summed E-state index contributed by atoms with van der Waals surface area (Å²) in [5.74, 6) is -2.45. The van der Waals surface area contributed by atoms with Crippen LogP contribution in [0.5, 0.6) is 0 Å². The SMILES string of the molecule is C/C(=N\OC(=O)CCC(=O)O/N=C(\C)c1ccc(-c2nc(C(Cl)(Cl)Cl)nc(C(Cl)(Cl)Cl)n2)cc1)c1ccc(-c2nc(C(Cl)(Cl)Cl)nc(C(Cl)(Cl)Cl)n2)cc1. The van der Waals surface area contributed by atoms with Gasteiger partial charge in [0.2, 0.25) is 15.2 Å². The molecule has 54 heavy (non-hydrogen) atoms. The van der Waals surface area contributed by atoms with Crippen molar-refractivity contribution in [2.24, 2.45) is 10.3 Å². The molecule has 0 N–H and O–H groups in total. The number of oxime groups is 2. The van der Waals surface area contributed by atoms with Crippen LogP contribution in [-0.2, 0) is 34.4 Å². The Balaban J connectivity index is 1.33. The van der Waals surface area contributed by atoms with E-state index >= 15 is 0 Å². The molecular weight excluding hydrogens is 962 g/mol. The van der Waals surface area contributed by atoms with E-state index in [2.05, 4.69) is 40.2 Å². The van der Waals surface area contributed by atoms with E-state index in [0.717, 1.165) is 0 Å². The lowest BCUT2D eigenvalue weighted by Crippen LogP contribution is -2.16. The Morgan fingerprint density at radius 3 is 0.981 bits per heavy atom. The average Bonchev–Trinajstić information content (AvgIpc) is 3.10. The lowest BCUT2D eigenvalue weighted by molar-refractivity contribution is -0.150. The molecule has 4 rings (SSSR count). The molecule has 286 valence electrons. The predicted molar refractivity (Wildman–Crippen MR) is 213 cm³/mol. The van der Waals surface area contributed by atoms with E-state index in [1.807, 2.05) is 0 Å². The lowest BCUT2D eigenvalue weighted by Gasteiger charge is -2.15. The molecule has 0 aliphatic carbocycles. The molecule has 2 heterocycles. The Morgan fingerprint density at radius 1 is 0.481 bits per heavy atom. The molecule has 0 spiro atoms. The molecule has 0 atom stereocenters. The number of rotatable bonds is 9. The molecule has 0 aliphatic heterocycles. The summed E-state index contributed by atoms with van der Waals surface area (Å²) in [6.45, 7) is 3.19. The van der Waals surface area contributed by atoms with E-state index in [0.29, 0.717) is 33.7 Å². The van der Waals surface area contributed by atoms with Gasteiger partial charge in [-0.25, -0.2) is 39.5 Å². The first-order chi connectivity index (χ1) is 24.9. The molecule has 4 aromatic rings. The highest BCUT2D eigenvalue weighted by Crippen LogP contribution is 2.42. The van der Waals surface area contributed by atoms with E-state index in [-0.39, 0.29) is 47.8 Å². The first kappa shape index (κ1) is 44.9. The van der Waals surface area contributed by atoms with Crippen LogP contribution in [0, 0.1) is 0 Å².